The van der Waals surface area contributed by atoms with E-state index in [1.54, 1.807) is 9.80 Å². The number of hydrogen-bond acceptors (Lipinski definition) is 10. The van der Waals surface area contributed by atoms with Gasteiger partial charge in [-0.3, -0.25) is 33.8 Å². The Morgan fingerprint density at radius 1 is 0.861 bits per heavy atom. The average Bonchev–Trinajstić information content (AvgIpc) is 2.76. The highest BCUT2D eigenvalue weighted by Crippen LogP contribution is 2.34. The summed E-state index contributed by atoms with van der Waals surface area (Å²) in [5.41, 5.74) is 0. The first-order chi connectivity index (χ1) is 16.9. The summed E-state index contributed by atoms with van der Waals surface area (Å²) in [6.45, 7) is 3.82. The Bertz CT molecular complexity index is 708. The zero-order chi connectivity index (χ0) is 27.1. The zero-order valence-corrected chi connectivity index (χ0v) is 21.6. The lowest BCUT2D eigenvalue weighted by Gasteiger charge is -2.34. The van der Waals surface area contributed by atoms with Crippen LogP contribution in [-0.4, -0.2) is 160 Å². The fourth-order valence-electron chi connectivity index (χ4n) is 3.67. The molecule has 0 aromatic carbocycles. The minimum absolute atomic E-state index is 0.0476. The van der Waals surface area contributed by atoms with E-state index in [0.717, 1.165) is 0 Å². The van der Waals surface area contributed by atoms with E-state index < -0.39 is 38.0 Å². The second-order valence-electron chi connectivity index (χ2n) is 8.74. The summed E-state index contributed by atoms with van der Waals surface area (Å²) < 4.78 is 16.5. The summed E-state index contributed by atoms with van der Waals surface area (Å²) in [7, 11) is -4.37. The van der Waals surface area contributed by atoms with Crippen molar-refractivity contribution >= 4 is 25.6 Å². The lowest BCUT2D eigenvalue weighted by molar-refractivity contribution is -0.139. The number of rotatable bonds is 12. The quantitative estimate of drug-likeness (QED) is 0.148. The van der Waals surface area contributed by atoms with E-state index >= 15 is 0 Å². The minimum atomic E-state index is -4.37. The molecule has 0 aliphatic carbocycles. The van der Waals surface area contributed by atoms with Crippen molar-refractivity contribution in [3.05, 3.63) is 0 Å². The lowest BCUT2D eigenvalue weighted by atomic mass is 10.3. The number of ether oxygens (including phenoxy) is 1. The fourth-order valence-corrected chi connectivity index (χ4v) is 4.48. The van der Waals surface area contributed by atoms with Gasteiger partial charge in [0.1, 0.15) is 6.29 Å². The van der Waals surface area contributed by atoms with Gasteiger partial charge < -0.3 is 35.2 Å². The van der Waals surface area contributed by atoms with Crippen molar-refractivity contribution in [3.63, 3.8) is 0 Å². The molecule has 0 spiro atoms. The number of alkyl carbamates (subject to hydrolysis) is 1. The number of carboxylic acid groups (broad SMARTS) is 2. The molecule has 1 aliphatic heterocycles. The van der Waals surface area contributed by atoms with Gasteiger partial charge in [0, 0.05) is 65.4 Å². The zero-order valence-electron chi connectivity index (χ0n) is 20.7. The Kier molecular flexibility index (Phi) is 15.0. The number of aliphatic carboxylic acids is 2. The number of nitrogens with zero attached hydrogens (tertiary/aromatic N) is 4. The summed E-state index contributed by atoms with van der Waals surface area (Å²) in [5, 5.41) is 31.5. The van der Waals surface area contributed by atoms with Crippen molar-refractivity contribution in [2.24, 2.45) is 0 Å². The van der Waals surface area contributed by atoms with Gasteiger partial charge in [0.2, 0.25) is 0 Å². The SMILES string of the molecule is CCCOC(=O)NCC(O)CN1CCN(CC(=O)O)CCN(CP(=O)(O)O)CCN(CC(=O)O)CC1. The third-order valence-corrected chi connectivity index (χ3v) is 6.19. The molecule has 0 bridgehead atoms. The molecule has 1 rings (SSSR count). The van der Waals surface area contributed by atoms with Crippen LogP contribution in [0.1, 0.15) is 13.3 Å². The van der Waals surface area contributed by atoms with Crippen molar-refractivity contribution < 1.29 is 48.8 Å². The van der Waals surface area contributed by atoms with Gasteiger partial charge in [0.15, 0.2) is 0 Å². The summed E-state index contributed by atoms with van der Waals surface area (Å²) >= 11 is 0. The predicted octanol–water partition coefficient (Wildman–Crippen LogP) is -1.99. The van der Waals surface area contributed by atoms with Gasteiger partial charge in [-0.2, -0.15) is 0 Å². The van der Waals surface area contributed by atoms with E-state index in [9.17, 15) is 44.1 Å². The monoisotopic (exact) mass is 541 g/mol. The smallest absolute Gasteiger partial charge is 0.407 e. The molecule has 0 aromatic heterocycles. The highest BCUT2D eigenvalue weighted by atomic mass is 31.2. The third-order valence-electron chi connectivity index (χ3n) is 5.42. The van der Waals surface area contributed by atoms with Crippen molar-refractivity contribution in [1.29, 1.82) is 0 Å². The molecule has 1 aliphatic rings. The van der Waals surface area contributed by atoms with Crippen LogP contribution < -0.4 is 5.32 Å². The maximum Gasteiger partial charge on any atom is 0.407 e. The third kappa shape index (κ3) is 16.0. The Morgan fingerprint density at radius 3 is 1.72 bits per heavy atom. The van der Waals surface area contributed by atoms with E-state index in [4.69, 9.17) is 4.74 Å². The largest absolute Gasteiger partial charge is 0.480 e. The number of carbonyl (C=O) groups excluding carboxylic acids is 1. The minimum Gasteiger partial charge on any atom is -0.480 e. The first-order valence-electron chi connectivity index (χ1n) is 11.8. The number of carbonyl (C=O) groups is 3. The molecule has 1 amide bonds. The molecule has 16 heteroatoms. The van der Waals surface area contributed by atoms with Crippen LogP contribution in [0, 0.1) is 0 Å². The van der Waals surface area contributed by atoms with Gasteiger partial charge in [0.05, 0.1) is 25.8 Å². The topological polar surface area (TPSA) is 204 Å². The summed E-state index contributed by atoms with van der Waals surface area (Å²) in [5.74, 6) is -2.09. The van der Waals surface area contributed by atoms with Gasteiger partial charge in [-0.1, -0.05) is 6.92 Å². The Balaban J connectivity index is 2.90. The molecule has 1 saturated heterocycles. The van der Waals surface area contributed by atoms with Crippen LogP contribution in [0.3, 0.4) is 0 Å². The van der Waals surface area contributed by atoms with Crippen molar-refractivity contribution in [2.75, 3.05) is 91.4 Å². The van der Waals surface area contributed by atoms with E-state index in [1.165, 1.54) is 4.90 Å². The molecule has 1 fully saturated rings. The summed E-state index contributed by atoms with van der Waals surface area (Å²) in [6.07, 6.45) is -1.42. The number of amides is 1. The summed E-state index contributed by atoms with van der Waals surface area (Å²) in [6, 6.07) is 0. The Hall–Kier alpha value is -1.84. The number of carboxylic acids is 2. The lowest BCUT2D eigenvalue weighted by Crippen LogP contribution is -2.49. The molecule has 0 aromatic rings. The predicted molar refractivity (Wildman–Crippen MR) is 129 cm³/mol. The van der Waals surface area contributed by atoms with Crippen molar-refractivity contribution in [2.45, 2.75) is 19.4 Å². The molecule has 0 radical (unpaired) electrons. The first-order valence-corrected chi connectivity index (χ1v) is 13.6. The average molecular weight is 542 g/mol. The Morgan fingerprint density at radius 2 is 1.31 bits per heavy atom. The molecule has 1 atom stereocenters. The van der Waals surface area contributed by atoms with E-state index in [2.05, 4.69) is 5.32 Å². The molecule has 1 unspecified atom stereocenters. The molecule has 36 heavy (non-hydrogen) atoms. The molecule has 1 heterocycles. The number of aliphatic hydroxyl groups is 1. The van der Waals surface area contributed by atoms with Crippen molar-refractivity contribution in [3.8, 4) is 0 Å². The highest BCUT2D eigenvalue weighted by molar-refractivity contribution is 7.51. The standard InChI is InChI=1S/C20H40N5O10P/c1-2-11-35-20(31)21-12-17(26)13-22-3-5-23(14-18(27)28)7-9-25(16-36(32,33)34)10-8-24(6-4-22)15-19(29)30/h17,26H,2-16H2,1H3,(H,21,31)(H,27,28)(H,29,30)(H2,32,33,34). The maximum absolute atomic E-state index is 11.6. The second kappa shape index (κ2) is 16.8. The summed E-state index contributed by atoms with van der Waals surface area (Å²) in [4.78, 5) is 59.8. The normalized spacial score (nSPS) is 19.1. The van der Waals surface area contributed by atoms with Crippen LogP contribution in [0.2, 0.25) is 0 Å². The second-order valence-corrected chi connectivity index (χ2v) is 10.3. The molecule has 15 nitrogen and oxygen atoms in total. The van der Waals surface area contributed by atoms with Crippen LogP contribution in [0.25, 0.3) is 0 Å². The van der Waals surface area contributed by atoms with Gasteiger partial charge in [-0.05, 0) is 6.42 Å². The van der Waals surface area contributed by atoms with Gasteiger partial charge in [0.25, 0.3) is 0 Å². The van der Waals surface area contributed by atoms with E-state index in [1.807, 2.05) is 11.8 Å². The molecule has 0 saturated carbocycles. The van der Waals surface area contributed by atoms with Crippen LogP contribution >= 0.6 is 7.60 Å². The first kappa shape index (κ1) is 32.2. The van der Waals surface area contributed by atoms with Gasteiger partial charge >= 0.3 is 25.6 Å². The van der Waals surface area contributed by atoms with Crippen LogP contribution in [0.4, 0.5) is 4.79 Å². The van der Waals surface area contributed by atoms with Gasteiger partial charge in [-0.15, -0.1) is 0 Å². The highest BCUT2D eigenvalue weighted by Gasteiger charge is 2.24. The Labute approximate surface area is 210 Å². The molecular weight excluding hydrogens is 501 g/mol. The number of hydrogen-bond donors (Lipinski definition) is 6. The van der Waals surface area contributed by atoms with Gasteiger partial charge in [-0.25, -0.2) is 4.79 Å². The number of β-amino-alcohol motifs (C(OH)–C–C–N with tert-alkyl or cyclic N) is 1. The number of nitrogens with one attached hydrogen (secondary N) is 1. The number of aliphatic hydroxyl groups excluding tert-OH is 1. The molecular formula is C20H40N5O10P. The van der Waals surface area contributed by atoms with E-state index in [-0.39, 0.29) is 59.0 Å². The van der Waals surface area contributed by atoms with Crippen molar-refractivity contribution in [1.82, 2.24) is 24.9 Å². The molecule has 210 valence electrons. The van der Waals surface area contributed by atoms with Crippen LogP contribution in [0.15, 0.2) is 0 Å². The molecule has 6 N–H and O–H groups in total. The van der Waals surface area contributed by atoms with Crippen LogP contribution in [0.5, 0.6) is 0 Å². The van der Waals surface area contributed by atoms with Crippen LogP contribution in [-0.2, 0) is 18.9 Å². The van der Waals surface area contributed by atoms with E-state index in [0.29, 0.717) is 32.6 Å². The maximum atomic E-state index is 11.6. The fraction of sp³-hybridized carbons (Fsp3) is 0.850.